The molecular formula is C23H25ClN4O5S. The lowest BCUT2D eigenvalue weighted by molar-refractivity contribution is 0.0528. The highest BCUT2D eigenvalue weighted by Gasteiger charge is 2.46. The summed E-state index contributed by atoms with van der Waals surface area (Å²) in [7, 11) is 0. The van der Waals surface area contributed by atoms with Crippen molar-refractivity contribution < 1.29 is 19.2 Å². The molecule has 0 fully saturated rings. The highest BCUT2D eigenvalue weighted by Crippen LogP contribution is 2.51. The van der Waals surface area contributed by atoms with E-state index in [-0.39, 0.29) is 5.82 Å². The van der Waals surface area contributed by atoms with Gasteiger partial charge in [-0.15, -0.1) is 0 Å². The second-order valence-electron chi connectivity index (χ2n) is 8.82. The highest BCUT2D eigenvalue weighted by atomic mass is 35.5. The van der Waals surface area contributed by atoms with Crippen LogP contribution in [0, 0.1) is 0 Å². The molecule has 1 atom stereocenters. The highest BCUT2D eigenvalue weighted by molar-refractivity contribution is 8.04. The lowest BCUT2D eigenvalue weighted by atomic mass is 10.1. The van der Waals surface area contributed by atoms with E-state index in [2.05, 4.69) is 21.5 Å². The summed E-state index contributed by atoms with van der Waals surface area (Å²) in [4.78, 5) is 23.3. The van der Waals surface area contributed by atoms with Crippen molar-refractivity contribution in [2.24, 2.45) is 0 Å². The fourth-order valence-electron chi connectivity index (χ4n) is 3.50. The van der Waals surface area contributed by atoms with Gasteiger partial charge in [0.2, 0.25) is 10.8 Å². The number of amides is 1. The van der Waals surface area contributed by atoms with Gasteiger partial charge < -0.3 is 20.5 Å². The van der Waals surface area contributed by atoms with E-state index >= 15 is 0 Å². The Balaban J connectivity index is 1.50. The Morgan fingerprint density at radius 2 is 2.09 bits per heavy atom. The Morgan fingerprint density at radius 3 is 2.79 bits per heavy atom. The number of hydrogen-bond acceptors (Lipinski definition) is 8. The molecule has 0 saturated carbocycles. The number of benzene rings is 1. The number of aromatic nitrogens is 2. The molecule has 0 saturated heterocycles. The normalized spacial score (nSPS) is 19.4. The van der Waals surface area contributed by atoms with Crippen LogP contribution in [-0.2, 0) is 9.67 Å². The Bertz CT molecular complexity index is 1250. The van der Waals surface area contributed by atoms with E-state index in [1.54, 1.807) is 24.3 Å². The predicted molar refractivity (Wildman–Crippen MR) is 129 cm³/mol. The minimum absolute atomic E-state index is 0.0697. The second kappa shape index (κ2) is 9.48. The first-order valence-corrected chi connectivity index (χ1v) is 11.9. The zero-order valence-corrected chi connectivity index (χ0v) is 20.5. The number of alkyl carbamates (subject to hydrolysis) is 1. The van der Waals surface area contributed by atoms with Crippen LogP contribution in [0.3, 0.4) is 0 Å². The summed E-state index contributed by atoms with van der Waals surface area (Å²) in [6.45, 7) is 6.86. The van der Waals surface area contributed by atoms with E-state index < -0.39 is 22.4 Å². The monoisotopic (exact) mass is 504 g/mol. The van der Waals surface area contributed by atoms with Gasteiger partial charge in [0, 0.05) is 35.1 Å². The molecule has 0 bridgehead atoms. The summed E-state index contributed by atoms with van der Waals surface area (Å²) >= 11 is 7.16. The number of allylic oxidation sites excluding steroid dienone is 2. The molecule has 1 unspecified atom stereocenters. The number of aliphatic hydroxyl groups is 1. The molecule has 34 heavy (non-hydrogen) atoms. The summed E-state index contributed by atoms with van der Waals surface area (Å²) in [5, 5.41) is 21.8. The fourth-order valence-corrected chi connectivity index (χ4v) is 4.82. The molecule has 9 nitrogen and oxygen atoms in total. The number of carbonyl (C=O) groups is 1. The molecule has 180 valence electrons. The number of rotatable bonds is 6. The van der Waals surface area contributed by atoms with Crippen LogP contribution in [0.5, 0.6) is 0 Å². The maximum atomic E-state index is 12.5. The van der Waals surface area contributed by atoms with Gasteiger partial charge in [-0.25, -0.2) is 14.2 Å². The van der Waals surface area contributed by atoms with Crippen molar-refractivity contribution in [1.29, 1.82) is 0 Å². The predicted octanol–water partition coefficient (Wildman–Crippen LogP) is 3.20. The van der Waals surface area contributed by atoms with Gasteiger partial charge in [0.05, 0.1) is 0 Å². The van der Waals surface area contributed by atoms with E-state index in [1.807, 2.05) is 26.8 Å². The Kier molecular flexibility index (Phi) is 6.80. The van der Waals surface area contributed by atoms with Crippen LogP contribution in [0.15, 0.2) is 55.9 Å². The molecule has 3 N–H and O–H groups in total. The molecule has 4 rings (SSSR count). The molecule has 1 aromatic heterocycles. The number of nitrogens with one attached hydrogen (secondary N) is 2. The largest absolute Gasteiger partial charge is 0.446 e. The summed E-state index contributed by atoms with van der Waals surface area (Å²) in [5.41, 5.74) is 4.65. The van der Waals surface area contributed by atoms with Crippen LogP contribution >= 0.6 is 23.4 Å². The number of halogens is 1. The van der Waals surface area contributed by atoms with Crippen molar-refractivity contribution in [3.63, 3.8) is 0 Å². The molecule has 1 aromatic carbocycles. The van der Waals surface area contributed by atoms with Gasteiger partial charge >= 0.3 is 11.8 Å². The average molecular weight is 505 g/mol. The maximum absolute atomic E-state index is 12.5. The van der Waals surface area contributed by atoms with Crippen LogP contribution < -0.4 is 16.4 Å². The number of nitrogens with zero attached hydrogens (tertiary/aromatic N) is 2. The summed E-state index contributed by atoms with van der Waals surface area (Å²) < 4.78 is 11.4. The quantitative estimate of drug-likeness (QED) is 0.405. The minimum atomic E-state index is -1.61. The van der Waals surface area contributed by atoms with Crippen LogP contribution in [0.2, 0.25) is 5.02 Å². The number of fused-ring (bicyclic) bond motifs is 3. The summed E-state index contributed by atoms with van der Waals surface area (Å²) in [6.07, 6.45) is 2.06. The van der Waals surface area contributed by atoms with Crippen LogP contribution in [-0.4, -0.2) is 46.2 Å². The summed E-state index contributed by atoms with van der Waals surface area (Å²) in [5.74, 6) is -0.632. The van der Waals surface area contributed by atoms with Crippen molar-refractivity contribution in [1.82, 2.24) is 20.4 Å². The lowest BCUT2D eigenvalue weighted by Crippen LogP contribution is -2.37. The molecule has 2 aromatic rings. The van der Waals surface area contributed by atoms with Gasteiger partial charge in [0.1, 0.15) is 11.3 Å². The molecule has 2 heterocycles. The Hall–Kier alpha value is -2.75. The van der Waals surface area contributed by atoms with Crippen LogP contribution in [0.25, 0.3) is 5.70 Å². The summed E-state index contributed by atoms with van der Waals surface area (Å²) in [6, 6.07) is 6.71. The van der Waals surface area contributed by atoms with E-state index in [1.165, 1.54) is 16.3 Å². The third-order valence-corrected chi connectivity index (χ3v) is 6.54. The third-order valence-electron chi connectivity index (χ3n) is 5.00. The standard InChI is InChI=1S/C23H25ClN4O5S/c1-22(2,3)32-20(29)26-11-10-25-13-14-4-9-18-17(12-14)28-19(27-33-21(28)30)23(31,34-18)15-5-7-16(24)8-6-15/h5-9,25,31H,4,10-11,13H2,1-3H3,(H,26,29). The average Bonchev–Trinajstić information content (AvgIpc) is 3.16. The van der Waals surface area contributed by atoms with Gasteiger partial charge in [-0.05, 0) is 44.9 Å². The Labute approximate surface area is 205 Å². The minimum Gasteiger partial charge on any atom is -0.444 e. The molecule has 11 heteroatoms. The molecule has 1 amide bonds. The third kappa shape index (κ3) is 5.16. The van der Waals surface area contributed by atoms with Crippen molar-refractivity contribution in [3.8, 4) is 0 Å². The lowest BCUT2D eigenvalue weighted by Gasteiger charge is -2.33. The topological polar surface area (TPSA) is 119 Å². The number of ether oxygens (including phenoxy) is 1. The van der Waals surface area contributed by atoms with Gasteiger partial charge in [0.15, 0.2) is 0 Å². The van der Waals surface area contributed by atoms with Crippen LogP contribution in [0.4, 0.5) is 4.79 Å². The van der Waals surface area contributed by atoms with Crippen molar-refractivity contribution in [3.05, 3.63) is 73.5 Å². The van der Waals surface area contributed by atoms with Crippen molar-refractivity contribution in [2.75, 3.05) is 19.6 Å². The molecule has 2 aliphatic rings. The number of carbonyl (C=O) groups excluding carboxylic acids is 1. The molecule has 0 radical (unpaired) electrons. The van der Waals surface area contributed by atoms with Gasteiger partial charge in [-0.3, -0.25) is 4.52 Å². The number of hydrogen-bond donors (Lipinski definition) is 3. The second-order valence-corrected chi connectivity index (χ2v) is 10.5. The first kappa shape index (κ1) is 24.4. The zero-order valence-electron chi connectivity index (χ0n) is 19.0. The first-order chi connectivity index (χ1) is 16.1. The van der Waals surface area contributed by atoms with Crippen molar-refractivity contribution in [2.45, 2.75) is 37.7 Å². The molecule has 1 aliphatic heterocycles. The number of thioether (sulfide) groups is 1. The van der Waals surface area contributed by atoms with Crippen LogP contribution in [0.1, 0.15) is 38.6 Å². The molecular weight excluding hydrogens is 480 g/mol. The Morgan fingerprint density at radius 1 is 1.35 bits per heavy atom. The molecule has 0 spiro atoms. The van der Waals surface area contributed by atoms with E-state index in [0.717, 1.165) is 5.57 Å². The van der Waals surface area contributed by atoms with E-state index in [4.69, 9.17) is 20.9 Å². The fraction of sp³-hybridized carbons (Fsp3) is 0.391. The zero-order chi connectivity index (χ0) is 24.5. The first-order valence-electron chi connectivity index (χ1n) is 10.7. The van der Waals surface area contributed by atoms with E-state index in [0.29, 0.717) is 47.2 Å². The van der Waals surface area contributed by atoms with Crippen molar-refractivity contribution >= 4 is 35.2 Å². The van der Waals surface area contributed by atoms with Gasteiger partial charge in [0.25, 0.3) is 0 Å². The SMILES string of the molecule is CC(C)(C)OC(=O)NCCNCC1=C=C2C(=CC1)SC(O)(c1ccc(Cl)cc1)c1noc(=O)n12. The van der Waals surface area contributed by atoms with Gasteiger partial charge in [-0.2, -0.15) is 0 Å². The van der Waals surface area contributed by atoms with E-state index in [9.17, 15) is 14.7 Å². The molecule has 1 aliphatic carbocycles. The smallest absolute Gasteiger partial charge is 0.444 e. The maximum Gasteiger partial charge on any atom is 0.446 e. The van der Waals surface area contributed by atoms with Gasteiger partial charge in [-0.1, -0.05) is 52.5 Å².